The van der Waals surface area contributed by atoms with Gasteiger partial charge in [0.25, 0.3) is 5.91 Å². The van der Waals surface area contributed by atoms with Gasteiger partial charge in [0.05, 0.1) is 4.90 Å². The Balaban J connectivity index is 2.37. The Morgan fingerprint density at radius 1 is 1.27 bits per heavy atom. The molecule has 2 aromatic rings. The third kappa shape index (κ3) is 3.80. The Bertz CT molecular complexity index is 821. The zero-order chi connectivity index (χ0) is 16.5. The van der Waals surface area contributed by atoms with Gasteiger partial charge in [0.2, 0.25) is 15.8 Å². The summed E-state index contributed by atoms with van der Waals surface area (Å²) in [6.45, 7) is 3.80. The molecule has 0 aliphatic heterocycles. The highest BCUT2D eigenvalue weighted by Gasteiger charge is 2.22. The molecule has 0 aliphatic rings. The van der Waals surface area contributed by atoms with Crippen LogP contribution < -0.4 is 15.0 Å². The lowest BCUT2D eigenvalue weighted by atomic mass is 10.2. The van der Waals surface area contributed by atoms with Gasteiger partial charge in [0, 0.05) is 17.5 Å². The van der Waals surface area contributed by atoms with E-state index in [1.54, 1.807) is 29.1 Å². The van der Waals surface area contributed by atoms with Crippen molar-refractivity contribution in [2.24, 2.45) is 5.14 Å². The summed E-state index contributed by atoms with van der Waals surface area (Å²) in [5.41, 5.74) is 0. The number of hydrogen-bond donors (Lipinski definition) is 2. The van der Waals surface area contributed by atoms with E-state index in [1.807, 2.05) is 13.8 Å². The van der Waals surface area contributed by atoms with E-state index in [1.165, 1.54) is 12.1 Å². The van der Waals surface area contributed by atoms with Crippen molar-refractivity contribution in [1.29, 1.82) is 0 Å². The highest BCUT2D eigenvalue weighted by atomic mass is 32.2. The van der Waals surface area contributed by atoms with Crippen molar-refractivity contribution in [3.63, 3.8) is 0 Å². The molecule has 118 valence electrons. The minimum atomic E-state index is -3.72. The molecular weight excluding hydrogens is 321 g/mol. The van der Waals surface area contributed by atoms with Crippen molar-refractivity contribution in [2.75, 3.05) is 0 Å². The first-order chi connectivity index (χ1) is 10.2. The maximum atomic E-state index is 12.0. The summed E-state index contributed by atoms with van der Waals surface area (Å²) in [6.07, 6.45) is 3.52. The molecule has 1 unspecified atom stereocenters. The van der Waals surface area contributed by atoms with Crippen LogP contribution in [0, 0.1) is 0 Å². The average molecular weight is 340 g/mol. The number of primary sulfonamides is 1. The molecule has 2 rings (SSSR count). The van der Waals surface area contributed by atoms with Gasteiger partial charge in [-0.25, -0.2) is 13.6 Å². The summed E-state index contributed by atoms with van der Waals surface area (Å²) in [6, 6.07) is 6.45. The Kier molecular flexibility index (Phi) is 4.80. The van der Waals surface area contributed by atoms with E-state index in [0.717, 1.165) is 10.8 Å². The molecule has 0 aliphatic carbocycles. The molecule has 0 bridgehead atoms. The Morgan fingerprint density at radius 3 is 2.55 bits per heavy atom. The number of fused-ring (bicyclic) bond motifs is 1. The predicted octanol–water partition coefficient (Wildman–Crippen LogP) is 0.673. The van der Waals surface area contributed by atoms with Crippen LogP contribution in [0.15, 0.2) is 41.6 Å². The number of nitrogens with one attached hydrogen (secondary N) is 1. The van der Waals surface area contributed by atoms with E-state index in [-0.39, 0.29) is 16.8 Å². The van der Waals surface area contributed by atoms with Crippen molar-refractivity contribution in [3.05, 3.63) is 36.7 Å². The first-order valence-corrected chi connectivity index (χ1v) is 8.93. The van der Waals surface area contributed by atoms with E-state index >= 15 is 0 Å². The summed E-state index contributed by atoms with van der Waals surface area (Å²) in [5, 5.41) is 9.52. The van der Waals surface area contributed by atoms with Crippen molar-refractivity contribution < 1.29 is 17.8 Å². The molecule has 0 radical (unpaired) electrons. The van der Waals surface area contributed by atoms with Gasteiger partial charge in [0.1, 0.15) is 0 Å². The number of aromatic nitrogens is 1. The number of pyridine rings is 1. The van der Waals surface area contributed by atoms with Gasteiger partial charge in [-0.1, -0.05) is 9.24 Å². The minimum absolute atomic E-state index is 0.0638. The molecule has 22 heavy (non-hydrogen) atoms. The van der Waals surface area contributed by atoms with E-state index in [0.29, 0.717) is 0 Å². The molecule has 0 saturated carbocycles. The summed E-state index contributed by atoms with van der Waals surface area (Å²) in [4.78, 5) is 12.1. The number of amides is 1. The van der Waals surface area contributed by atoms with E-state index in [2.05, 4.69) is 14.6 Å². The van der Waals surface area contributed by atoms with Crippen LogP contribution in [-0.2, 0) is 14.8 Å². The van der Waals surface area contributed by atoms with Crippen LogP contribution in [0.2, 0.25) is 0 Å². The molecule has 1 heterocycles. The number of carbonyl (C=O) groups is 1. The van der Waals surface area contributed by atoms with Crippen LogP contribution in [0.25, 0.3) is 10.8 Å². The summed E-state index contributed by atoms with van der Waals surface area (Å²) >= 11 is 0. The first kappa shape index (κ1) is 16.8. The molecule has 1 aromatic carbocycles. The third-order valence-electron chi connectivity index (χ3n) is 3.12. The Labute approximate surface area is 132 Å². The van der Waals surface area contributed by atoms with E-state index in [4.69, 9.17) is 5.14 Å². The van der Waals surface area contributed by atoms with E-state index < -0.39 is 15.8 Å². The van der Waals surface area contributed by atoms with Gasteiger partial charge in [-0.3, -0.25) is 4.79 Å². The second-order valence-corrected chi connectivity index (χ2v) is 7.53. The molecule has 3 N–H and O–H groups in total. The van der Waals surface area contributed by atoms with Crippen LogP contribution in [0.3, 0.4) is 0 Å². The van der Waals surface area contributed by atoms with Gasteiger partial charge >= 0.3 is 0 Å². The first-order valence-electron chi connectivity index (χ1n) is 6.72. The van der Waals surface area contributed by atoms with Crippen molar-refractivity contribution in [1.82, 2.24) is 5.32 Å². The second-order valence-electron chi connectivity index (χ2n) is 5.34. The van der Waals surface area contributed by atoms with Crippen LogP contribution in [0.4, 0.5) is 0 Å². The smallest absolute Gasteiger partial charge is 0.293 e. The number of carbonyl (C=O) groups excluding carboxylic acids is 1. The number of nitrogens with two attached hydrogens (primary N) is 1. The van der Waals surface area contributed by atoms with Gasteiger partial charge in [-0.05, 0) is 37.4 Å². The van der Waals surface area contributed by atoms with Crippen molar-refractivity contribution in [3.8, 4) is 0 Å². The zero-order valence-corrected chi connectivity index (χ0v) is 14.3. The zero-order valence-electron chi connectivity index (χ0n) is 12.4. The van der Waals surface area contributed by atoms with Crippen LogP contribution in [0.5, 0.6) is 0 Å². The highest BCUT2D eigenvalue weighted by molar-refractivity contribution is 7.89. The van der Waals surface area contributed by atoms with Gasteiger partial charge in [0.15, 0.2) is 12.4 Å². The van der Waals surface area contributed by atoms with Crippen molar-refractivity contribution >= 4 is 35.9 Å². The molecule has 1 amide bonds. The largest absolute Gasteiger partial charge is 0.348 e. The number of nitrogens with zero attached hydrogens (tertiary/aromatic N) is 1. The maximum Gasteiger partial charge on any atom is 0.293 e. The molecule has 8 heteroatoms. The van der Waals surface area contributed by atoms with Crippen molar-refractivity contribution in [2.45, 2.75) is 30.6 Å². The quantitative estimate of drug-likeness (QED) is 0.633. The minimum Gasteiger partial charge on any atom is -0.348 e. The lowest BCUT2D eigenvalue weighted by molar-refractivity contribution is -0.686. The lowest BCUT2D eigenvalue weighted by Gasteiger charge is -2.11. The molecular formula is C14H19N3O3PS+. The predicted molar refractivity (Wildman–Crippen MR) is 87.5 cm³/mol. The Morgan fingerprint density at radius 2 is 1.95 bits per heavy atom. The fourth-order valence-corrected chi connectivity index (χ4v) is 2.87. The maximum absolute atomic E-state index is 12.0. The molecule has 1 aromatic heterocycles. The molecule has 0 fully saturated rings. The number of benzene rings is 1. The molecule has 6 nitrogen and oxygen atoms in total. The summed E-state index contributed by atoms with van der Waals surface area (Å²) in [5.74, 6) is -0.546. The fraction of sp³-hybridized carbons (Fsp3) is 0.286. The molecule has 0 saturated heterocycles. The van der Waals surface area contributed by atoms with Crippen LogP contribution >= 0.6 is 9.24 Å². The SMILES string of the molecule is CC(C)NC(=O)[C@H](P)[n+]1ccc2cc(S(N)(=O)=O)ccc2c1. The number of rotatable bonds is 4. The fourth-order valence-electron chi connectivity index (χ4n) is 2.04. The summed E-state index contributed by atoms with van der Waals surface area (Å²) < 4.78 is 24.5. The number of sulfonamides is 1. The Hall–Kier alpha value is -1.56. The standard InChI is InChI=1S/C14H18N3O3PS/c1-9(2)16-13(18)14(21)17-6-5-10-7-12(22(15,19)20)4-3-11(10)8-17/h3-9,14H,21H2,1-2H3,(H2-,15,16,18,19,20)/p+1/t14-/m0/s1. The monoisotopic (exact) mass is 340 g/mol. The van der Waals surface area contributed by atoms with Gasteiger partial charge in [-0.2, -0.15) is 4.57 Å². The third-order valence-corrected chi connectivity index (χ3v) is 4.68. The highest BCUT2D eigenvalue weighted by Crippen LogP contribution is 2.18. The topological polar surface area (TPSA) is 93.1 Å². The van der Waals surface area contributed by atoms with Crippen LogP contribution in [-0.4, -0.2) is 20.4 Å². The normalized spacial score (nSPS) is 13.3. The van der Waals surface area contributed by atoms with Crippen LogP contribution in [0.1, 0.15) is 19.6 Å². The lowest BCUT2D eigenvalue weighted by Crippen LogP contribution is -2.46. The molecule has 2 atom stereocenters. The average Bonchev–Trinajstić information content (AvgIpc) is 2.43. The molecule has 0 spiro atoms. The van der Waals surface area contributed by atoms with Gasteiger partial charge < -0.3 is 5.32 Å². The second kappa shape index (κ2) is 6.28. The summed E-state index contributed by atoms with van der Waals surface area (Å²) in [7, 11) is -1.23. The number of hydrogen-bond acceptors (Lipinski definition) is 3. The van der Waals surface area contributed by atoms with Gasteiger partial charge in [-0.15, -0.1) is 0 Å². The van der Waals surface area contributed by atoms with E-state index in [9.17, 15) is 13.2 Å².